The SMILES string of the molecule is CC(C)N(CC(=O)O)C(=O)CCOCC(F)(F)F. The molecule has 0 radical (unpaired) electrons. The van der Waals surface area contributed by atoms with Crippen molar-refractivity contribution in [2.75, 3.05) is 19.8 Å². The van der Waals surface area contributed by atoms with Crippen LogP contribution in [0.4, 0.5) is 13.2 Å². The summed E-state index contributed by atoms with van der Waals surface area (Å²) in [6, 6.07) is -0.337. The molecule has 0 aliphatic rings. The molecule has 0 saturated carbocycles. The fourth-order valence-electron chi connectivity index (χ4n) is 1.20. The highest BCUT2D eigenvalue weighted by Gasteiger charge is 2.27. The highest BCUT2D eigenvalue weighted by molar-refractivity contribution is 5.81. The van der Waals surface area contributed by atoms with E-state index in [0.717, 1.165) is 4.90 Å². The van der Waals surface area contributed by atoms with Crippen molar-refractivity contribution in [3.8, 4) is 0 Å². The van der Waals surface area contributed by atoms with Crippen LogP contribution in [0.3, 0.4) is 0 Å². The Morgan fingerprint density at radius 3 is 2.28 bits per heavy atom. The van der Waals surface area contributed by atoms with Gasteiger partial charge in [0.25, 0.3) is 0 Å². The van der Waals surface area contributed by atoms with Crippen LogP contribution in [0.5, 0.6) is 0 Å². The predicted molar refractivity (Wildman–Crippen MR) is 56.0 cm³/mol. The van der Waals surface area contributed by atoms with E-state index in [9.17, 15) is 22.8 Å². The van der Waals surface area contributed by atoms with Crippen LogP contribution in [0, 0.1) is 0 Å². The van der Waals surface area contributed by atoms with Gasteiger partial charge >= 0.3 is 12.1 Å². The molecular weight excluding hydrogens is 255 g/mol. The molecule has 1 N–H and O–H groups in total. The Kier molecular flexibility index (Phi) is 6.67. The maximum Gasteiger partial charge on any atom is 0.411 e. The van der Waals surface area contributed by atoms with Crippen molar-refractivity contribution < 1.29 is 32.6 Å². The molecule has 5 nitrogen and oxygen atoms in total. The molecule has 0 aromatic rings. The Morgan fingerprint density at radius 2 is 1.89 bits per heavy atom. The first-order valence-corrected chi connectivity index (χ1v) is 5.29. The molecule has 0 bridgehead atoms. The lowest BCUT2D eigenvalue weighted by atomic mass is 10.2. The normalized spacial score (nSPS) is 11.7. The summed E-state index contributed by atoms with van der Waals surface area (Å²) in [6.45, 7) is 0.965. The number of hydrogen-bond donors (Lipinski definition) is 1. The van der Waals surface area contributed by atoms with Gasteiger partial charge in [-0.2, -0.15) is 13.2 Å². The molecule has 1 amide bonds. The van der Waals surface area contributed by atoms with Crippen LogP contribution in [-0.2, 0) is 14.3 Å². The number of carbonyl (C=O) groups is 2. The number of alkyl halides is 3. The summed E-state index contributed by atoms with van der Waals surface area (Å²) in [7, 11) is 0. The minimum absolute atomic E-state index is 0.276. The van der Waals surface area contributed by atoms with Crippen molar-refractivity contribution in [1.82, 2.24) is 4.90 Å². The van der Waals surface area contributed by atoms with Crippen LogP contribution in [0.15, 0.2) is 0 Å². The quantitative estimate of drug-likeness (QED) is 0.708. The minimum Gasteiger partial charge on any atom is -0.480 e. The number of ether oxygens (including phenoxy) is 1. The summed E-state index contributed by atoms with van der Waals surface area (Å²) in [4.78, 5) is 23.1. The summed E-state index contributed by atoms with van der Waals surface area (Å²) in [5, 5.41) is 8.59. The number of aliphatic carboxylic acids is 1. The number of carboxylic acid groups (broad SMARTS) is 1. The molecule has 0 aliphatic heterocycles. The van der Waals surface area contributed by atoms with E-state index >= 15 is 0 Å². The highest BCUT2D eigenvalue weighted by Crippen LogP contribution is 2.14. The zero-order valence-corrected chi connectivity index (χ0v) is 10.2. The Morgan fingerprint density at radius 1 is 1.33 bits per heavy atom. The van der Waals surface area contributed by atoms with Gasteiger partial charge in [0.1, 0.15) is 13.2 Å². The summed E-state index contributed by atoms with van der Waals surface area (Å²) in [5.41, 5.74) is 0. The molecule has 106 valence electrons. The van der Waals surface area contributed by atoms with Gasteiger partial charge in [0.15, 0.2) is 0 Å². The zero-order valence-electron chi connectivity index (χ0n) is 10.2. The lowest BCUT2D eigenvalue weighted by molar-refractivity contribution is -0.175. The third-order valence-corrected chi connectivity index (χ3v) is 1.98. The summed E-state index contributed by atoms with van der Waals surface area (Å²) in [5.74, 6) is -1.72. The minimum atomic E-state index is -4.43. The largest absolute Gasteiger partial charge is 0.480 e. The van der Waals surface area contributed by atoms with E-state index < -0.39 is 31.2 Å². The number of carboxylic acids is 1. The number of nitrogens with zero attached hydrogens (tertiary/aromatic N) is 1. The Bertz CT molecular complexity index is 291. The van der Waals surface area contributed by atoms with Crippen LogP contribution in [0.2, 0.25) is 0 Å². The van der Waals surface area contributed by atoms with E-state index in [1.54, 1.807) is 13.8 Å². The molecule has 0 heterocycles. The molecule has 0 unspecified atom stereocenters. The van der Waals surface area contributed by atoms with Gasteiger partial charge in [0.2, 0.25) is 5.91 Å². The standard InChI is InChI=1S/C10H16F3NO4/c1-7(2)14(5-9(16)17)8(15)3-4-18-6-10(11,12)13/h7H,3-6H2,1-2H3,(H,16,17). The fourth-order valence-corrected chi connectivity index (χ4v) is 1.20. The van der Waals surface area contributed by atoms with E-state index in [4.69, 9.17) is 5.11 Å². The first kappa shape index (κ1) is 16.7. The van der Waals surface area contributed by atoms with Crippen LogP contribution >= 0.6 is 0 Å². The monoisotopic (exact) mass is 271 g/mol. The van der Waals surface area contributed by atoms with Crippen molar-refractivity contribution in [1.29, 1.82) is 0 Å². The van der Waals surface area contributed by atoms with Gasteiger partial charge in [0.05, 0.1) is 13.0 Å². The molecule has 0 rings (SSSR count). The first-order chi connectivity index (χ1) is 8.13. The maximum absolute atomic E-state index is 11.7. The van der Waals surface area contributed by atoms with Gasteiger partial charge in [-0.1, -0.05) is 0 Å². The van der Waals surface area contributed by atoms with E-state index in [1.807, 2.05) is 0 Å². The molecule has 0 spiro atoms. The zero-order chi connectivity index (χ0) is 14.3. The van der Waals surface area contributed by atoms with E-state index in [1.165, 1.54) is 0 Å². The Labute approximate surface area is 103 Å². The second-order valence-corrected chi connectivity index (χ2v) is 3.93. The van der Waals surface area contributed by atoms with Crippen molar-refractivity contribution in [2.24, 2.45) is 0 Å². The van der Waals surface area contributed by atoms with Crippen LogP contribution in [0.1, 0.15) is 20.3 Å². The van der Waals surface area contributed by atoms with Crippen LogP contribution in [-0.4, -0.2) is 53.9 Å². The molecule has 0 saturated heterocycles. The van der Waals surface area contributed by atoms with E-state index in [0.29, 0.717) is 0 Å². The van der Waals surface area contributed by atoms with Gasteiger partial charge in [0, 0.05) is 6.04 Å². The van der Waals surface area contributed by atoms with Gasteiger partial charge < -0.3 is 14.7 Å². The van der Waals surface area contributed by atoms with Crippen molar-refractivity contribution in [3.05, 3.63) is 0 Å². The third-order valence-electron chi connectivity index (χ3n) is 1.98. The number of rotatable bonds is 7. The maximum atomic E-state index is 11.7. The summed E-state index contributed by atoms with van der Waals surface area (Å²) in [6.07, 6.45) is -4.70. The van der Waals surface area contributed by atoms with Crippen molar-refractivity contribution >= 4 is 11.9 Å². The second kappa shape index (κ2) is 7.20. The molecular formula is C10H16F3NO4. The van der Waals surface area contributed by atoms with E-state index in [2.05, 4.69) is 4.74 Å². The first-order valence-electron chi connectivity index (χ1n) is 5.29. The average Bonchev–Trinajstić information content (AvgIpc) is 2.18. The Hall–Kier alpha value is -1.31. The van der Waals surface area contributed by atoms with Gasteiger partial charge in [-0.3, -0.25) is 9.59 Å². The third kappa shape index (κ3) is 7.88. The number of halogens is 3. The number of hydrogen-bond acceptors (Lipinski definition) is 3. The topological polar surface area (TPSA) is 66.8 Å². The average molecular weight is 271 g/mol. The summed E-state index contributed by atoms with van der Waals surface area (Å²) < 4.78 is 39.5. The molecule has 0 fully saturated rings. The van der Waals surface area contributed by atoms with Crippen molar-refractivity contribution in [3.63, 3.8) is 0 Å². The second-order valence-electron chi connectivity index (χ2n) is 3.93. The molecule has 0 atom stereocenters. The lowest BCUT2D eigenvalue weighted by Gasteiger charge is -2.24. The summed E-state index contributed by atoms with van der Waals surface area (Å²) >= 11 is 0. The molecule has 0 aromatic carbocycles. The molecule has 8 heteroatoms. The lowest BCUT2D eigenvalue weighted by Crippen LogP contribution is -2.41. The highest BCUT2D eigenvalue weighted by atomic mass is 19.4. The number of carbonyl (C=O) groups excluding carboxylic acids is 1. The van der Waals surface area contributed by atoms with Crippen LogP contribution in [0.25, 0.3) is 0 Å². The van der Waals surface area contributed by atoms with Gasteiger partial charge in [-0.25, -0.2) is 0 Å². The Balaban J connectivity index is 4.08. The smallest absolute Gasteiger partial charge is 0.411 e. The van der Waals surface area contributed by atoms with E-state index in [-0.39, 0.29) is 19.1 Å². The van der Waals surface area contributed by atoms with Gasteiger partial charge in [-0.05, 0) is 13.8 Å². The predicted octanol–water partition coefficient (Wildman–Crippen LogP) is 1.28. The molecule has 0 aliphatic carbocycles. The van der Waals surface area contributed by atoms with Crippen LogP contribution < -0.4 is 0 Å². The van der Waals surface area contributed by atoms with Gasteiger partial charge in [-0.15, -0.1) is 0 Å². The number of amides is 1. The molecule has 0 aromatic heterocycles. The molecule has 18 heavy (non-hydrogen) atoms. The van der Waals surface area contributed by atoms with Crippen molar-refractivity contribution in [2.45, 2.75) is 32.5 Å². The fraction of sp³-hybridized carbons (Fsp3) is 0.800.